The maximum Gasteiger partial charge on any atom is 0.327 e. The molecule has 10 N–H and O–H groups in total. The number of rotatable bonds is 16. The van der Waals surface area contributed by atoms with Crippen LogP contribution < -0.4 is 27.4 Å². The summed E-state index contributed by atoms with van der Waals surface area (Å²) in [5.41, 5.74) is 11.0. The zero-order valence-corrected chi connectivity index (χ0v) is 18.7. The van der Waals surface area contributed by atoms with E-state index in [9.17, 15) is 29.1 Å². The zero-order chi connectivity index (χ0) is 24.8. The molecular weight excluding hydrogens is 446 g/mol. The van der Waals surface area contributed by atoms with Crippen molar-refractivity contribution in [2.24, 2.45) is 11.5 Å². The van der Waals surface area contributed by atoms with Crippen LogP contribution in [0.1, 0.15) is 39.0 Å². The Morgan fingerprint density at radius 3 is 1.81 bits per heavy atom. The first-order valence-corrected chi connectivity index (χ1v) is 10.7. The number of carboxylic acids is 2. The molecule has 14 heteroatoms. The molecule has 0 aliphatic carbocycles. The summed E-state index contributed by atoms with van der Waals surface area (Å²) in [4.78, 5) is 59.6. The second kappa shape index (κ2) is 15.4. The number of hydrogen-bond donors (Lipinski definition) is 9. The number of thiol groups is 1. The molecule has 32 heavy (non-hydrogen) atoms. The minimum absolute atomic E-state index is 0.142. The number of amides is 3. The molecule has 0 heterocycles. The van der Waals surface area contributed by atoms with Crippen molar-refractivity contribution < 1.29 is 39.3 Å². The molecule has 5 unspecified atom stereocenters. The van der Waals surface area contributed by atoms with Crippen molar-refractivity contribution in [2.75, 3.05) is 12.3 Å². The maximum absolute atomic E-state index is 12.8. The first-order chi connectivity index (χ1) is 14.9. The Morgan fingerprint density at radius 2 is 1.38 bits per heavy atom. The van der Waals surface area contributed by atoms with E-state index in [0.717, 1.165) is 0 Å². The topological polar surface area (TPSA) is 234 Å². The standard InChI is InChI=1S/C18H33N5O8S/c1-9(24)14(20)17(29)22-10(4-2-3-7-19)15(27)21-11(5-6-13(25)26)16(28)23-12(8-32)18(30)31/h9-12,14,24,32H,2-8,19-20H2,1H3,(H,21,27)(H,22,29)(H,23,28)(H,25,26)(H,30,31). The van der Waals surface area contributed by atoms with E-state index in [0.29, 0.717) is 19.4 Å². The van der Waals surface area contributed by atoms with Gasteiger partial charge in [0.2, 0.25) is 17.7 Å². The van der Waals surface area contributed by atoms with Gasteiger partial charge in [-0.3, -0.25) is 19.2 Å². The van der Waals surface area contributed by atoms with Crippen LogP contribution in [0.25, 0.3) is 0 Å². The first-order valence-electron chi connectivity index (χ1n) is 10.0. The molecule has 0 rings (SSSR count). The normalized spacial score (nSPS) is 15.5. The summed E-state index contributed by atoms with van der Waals surface area (Å²) in [6.45, 7) is 1.65. The monoisotopic (exact) mass is 479 g/mol. The van der Waals surface area contributed by atoms with Gasteiger partial charge in [0.1, 0.15) is 24.2 Å². The first kappa shape index (κ1) is 29.6. The number of carboxylic acid groups (broad SMARTS) is 2. The molecule has 0 aromatic rings. The van der Waals surface area contributed by atoms with Crippen molar-refractivity contribution in [1.29, 1.82) is 0 Å². The Kier molecular flexibility index (Phi) is 14.2. The van der Waals surface area contributed by atoms with E-state index in [2.05, 4.69) is 28.6 Å². The average molecular weight is 480 g/mol. The molecule has 0 fully saturated rings. The van der Waals surface area contributed by atoms with Gasteiger partial charge in [-0.15, -0.1) is 0 Å². The van der Waals surface area contributed by atoms with Crippen molar-refractivity contribution >= 4 is 42.3 Å². The number of carbonyl (C=O) groups is 5. The molecule has 0 aliphatic rings. The third-order valence-corrected chi connectivity index (χ3v) is 4.84. The highest BCUT2D eigenvalue weighted by atomic mass is 32.1. The van der Waals surface area contributed by atoms with Crippen LogP contribution >= 0.6 is 12.6 Å². The predicted molar refractivity (Wildman–Crippen MR) is 117 cm³/mol. The molecule has 5 atom stereocenters. The molecule has 0 aromatic heterocycles. The molecule has 0 radical (unpaired) electrons. The fraction of sp³-hybridized carbons (Fsp3) is 0.722. The molecule has 0 saturated heterocycles. The summed E-state index contributed by atoms with van der Waals surface area (Å²) < 4.78 is 0. The third kappa shape index (κ3) is 11.3. The van der Waals surface area contributed by atoms with Crippen molar-refractivity contribution in [2.45, 2.75) is 69.3 Å². The van der Waals surface area contributed by atoms with Crippen LogP contribution in [-0.2, 0) is 24.0 Å². The van der Waals surface area contributed by atoms with Gasteiger partial charge in [-0.25, -0.2) is 4.79 Å². The Balaban J connectivity index is 5.48. The molecule has 0 bridgehead atoms. The average Bonchev–Trinajstić information content (AvgIpc) is 2.72. The number of carbonyl (C=O) groups excluding carboxylic acids is 3. The third-order valence-electron chi connectivity index (χ3n) is 4.48. The van der Waals surface area contributed by atoms with E-state index in [1.165, 1.54) is 6.92 Å². The minimum atomic E-state index is -1.38. The summed E-state index contributed by atoms with van der Waals surface area (Å²) >= 11 is 3.84. The van der Waals surface area contributed by atoms with Crippen molar-refractivity contribution in [3.8, 4) is 0 Å². The summed E-state index contributed by atoms with van der Waals surface area (Å²) in [5, 5.41) is 34.4. The smallest absolute Gasteiger partial charge is 0.327 e. The Morgan fingerprint density at radius 1 is 0.875 bits per heavy atom. The lowest BCUT2D eigenvalue weighted by Crippen LogP contribution is -2.58. The second-order valence-electron chi connectivity index (χ2n) is 7.19. The molecule has 0 aromatic carbocycles. The molecular formula is C18H33N5O8S. The van der Waals surface area contributed by atoms with Crippen molar-refractivity contribution in [3.63, 3.8) is 0 Å². The number of nitrogens with one attached hydrogen (secondary N) is 3. The maximum atomic E-state index is 12.8. The molecule has 13 nitrogen and oxygen atoms in total. The number of aliphatic hydroxyl groups is 1. The highest BCUT2D eigenvalue weighted by molar-refractivity contribution is 7.80. The lowest BCUT2D eigenvalue weighted by Gasteiger charge is -2.25. The van der Waals surface area contributed by atoms with Gasteiger partial charge in [-0.05, 0) is 39.2 Å². The molecule has 184 valence electrons. The number of aliphatic carboxylic acids is 2. The van der Waals surface area contributed by atoms with Crippen LogP contribution in [-0.4, -0.2) is 87.5 Å². The van der Waals surface area contributed by atoms with Gasteiger partial charge in [0.05, 0.1) is 6.10 Å². The van der Waals surface area contributed by atoms with E-state index in [1.807, 2.05) is 0 Å². The Hall–Kier alpha value is -2.42. The minimum Gasteiger partial charge on any atom is -0.481 e. The van der Waals surface area contributed by atoms with E-state index in [-0.39, 0.29) is 18.6 Å². The highest BCUT2D eigenvalue weighted by Gasteiger charge is 2.30. The van der Waals surface area contributed by atoms with Crippen LogP contribution in [0.2, 0.25) is 0 Å². The molecule has 3 amide bonds. The van der Waals surface area contributed by atoms with Gasteiger partial charge in [0, 0.05) is 12.2 Å². The van der Waals surface area contributed by atoms with Crippen LogP contribution in [0.5, 0.6) is 0 Å². The van der Waals surface area contributed by atoms with Crippen molar-refractivity contribution in [3.05, 3.63) is 0 Å². The van der Waals surface area contributed by atoms with Gasteiger partial charge >= 0.3 is 11.9 Å². The lowest BCUT2D eigenvalue weighted by molar-refractivity contribution is -0.142. The van der Waals surface area contributed by atoms with Crippen LogP contribution in [0.3, 0.4) is 0 Å². The van der Waals surface area contributed by atoms with Gasteiger partial charge in [-0.2, -0.15) is 12.6 Å². The quantitative estimate of drug-likeness (QED) is 0.0812. The largest absolute Gasteiger partial charge is 0.481 e. The fourth-order valence-corrected chi connectivity index (χ4v) is 2.76. The van der Waals surface area contributed by atoms with Crippen LogP contribution in [0.4, 0.5) is 0 Å². The SMILES string of the molecule is CC(O)C(N)C(=O)NC(CCCCN)C(=O)NC(CCC(=O)O)C(=O)NC(CS)C(=O)O. The van der Waals surface area contributed by atoms with Gasteiger partial charge in [0.25, 0.3) is 0 Å². The predicted octanol–water partition coefficient (Wildman–Crippen LogP) is -2.84. The van der Waals surface area contributed by atoms with Gasteiger partial charge in [-0.1, -0.05) is 0 Å². The lowest BCUT2D eigenvalue weighted by atomic mass is 10.0. The van der Waals surface area contributed by atoms with E-state index in [4.69, 9.17) is 21.7 Å². The van der Waals surface area contributed by atoms with E-state index >= 15 is 0 Å². The van der Waals surface area contributed by atoms with Gasteiger partial charge < -0.3 is 42.7 Å². The van der Waals surface area contributed by atoms with Gasteiger partial charge in [0.15, 0.2) is 0 Å². The summed E-state index contributed by atoms with van der Waals surface area (Å²) in [5.74, 6) is -5.30. The summed E-state index contributed by atoms with van der Waals surface area (Å²) in [6, 6.07) is -5.16. The fourth-order valence-electron chi connectivity index (χ4n) is 2.52. The number of nitrogens with two attached hydrogens (primary N) is 2. The number of aliphatic hydroxyl groups excluding tert-OH is 1. The van der Waals surface area contributed by atoms with Crippen LogP contribution in [0.15, 0.2) is 0 Å². The second-order valence-corrected chi connectivity index (χ2v) is 7.55. The molecule has 0 spiro atoms. The zero-order valence-electron chi connectivity index (χ0n) is 17.8. The van der Waals surface area contributed by atoms with E-state index < -0.39 is 66.4 Å². The van der Waals surface area contributed by atoms with Crippen LogP contribution in [0, 0.1) is 0 Å². The molecule has 0 saturated carbocycles. The molecule has 0 aliphatic heterocycles. The highest BCUT2D eigenvalue weighted by Crippen LogP contribution is 2.06. The van der Waals surface area contributed by atoms with Crippen molar-refractivity contribution in [1.82, 2.24) is 16.0 Å². The summed E-state index contributed by atoms with van der Waals surface area (Å²) in [6.07, 6.45) is -0.829. The Bertz CT molecular complexity index is 663. The number of unbranched alkanes of at least 4 members (excludes halogenated alkanes) is 1. The van der Waals surface area contributed by atoms with E-state index in [1.54, 1.807) is 0 Å². The Labute approximate surface area is 191 Å². The number of hydrogen-bond acceptors (Lipinski definition) is 9. The summed E-state index contributed by atoms with van der Waals surface area (Å²) in [7, 11) is 0.